The molecule has 0 aliphatic heterocycles. The number of benzene rings is 1. The highest BCUT2D eigenvalue weighted by atomic mass is 19.4. The molecule has 0 atom stereocenters. The van der Waals surface area contributed by atoms with Crippen LogP contribution in [0.2, 0.25) is 0 Å². The first kappa shape index (κ1) is 14.5. The minimum absolute atomic E-state index is 0.00576. The largest absolute Gasteiger partial charge is 0.418 e. The van der Waals surface area contributed by atoms with Gasteiger partial charge in [0.05, 0.1) is 12.2 Å². The number of anilines is 1. The van der Waals surface area contributed by atoms with E-state index in [1.54, 1.807) is 7.05 Å². The third-order valence-corrected chi connectivity index (χ3v) is 2.50. The van der Waals surface area contributed by atoms with Crippen LogP contribution in [0.25, 0.3) is 0 Å². The Morgan fingerprint density at radius 2 is 2.06 bits per heavy atom. The molecule has 1 aromatic rings. The number of hydrogen-bond donors (Lipinski definition) is 0. The summed E-state index contributed by atoms with van der Waals surface area (Å²) in [5.41, 5.74) is -0.776. The number of likely N-dealkylation sites (N-methyl/N-ethyl adjacent to an activating group) is 1. The molecule has 0 aromatic heterocycles. The van der Waals surface area contributed by atoms with Crippen molar-refractivity contribution in [2.45, 2.75) is 6.18 Å². The average Bonchev–Trinajstić information content (AvgIpc) is 2.34. The lowest BCUT2D eigenvalue weighted by molar-refractivity contribution is -0.137. The first-order valence-electron chi connectivity index (χ1n) is 5.26. The number of rotatable bonds is 5. The molecule has 0 fully saturated rings. The lowest BCUT2D eigenvalue weighted by Crippen LogP contribution is -2.25. The van der Waals surface area contributed by atoms with Crippen molar-refractivity contribution in [2.75, 3.05) is 32.2 Å². The number of aldehydes is 1. The van der Waals surface area contributed by atoms with Crippen molar-refractivity contribution >= 4 is 12.0 Å². The van der Waals surface area contributed by atoms with Crippen molar-refractivity contribution in [1.82, 2.24) is 0 Å². The summed E-state index contributed by atoms with van der Waals surface area (Å²) in [6, 6.07) is 3.51. The summed E-state index contributed by atoms with van der Waals surface area (Å²) in [6.45, 7) is 0.656. The smallest absolute Gasteiger partial charge is 0.383 e. The van der Waals surface area contributed by atoms with Gasteiger partial charge in [-0.1, -0.05) is 0 Å². The first-order valence-corrected chi connectivity index (χ1v) is 5.26. The van der Waals surface area contributed by atoms with Crippen molar-refractivity contribution in [1.29, 1.82) is 0 Å². The summed E-state index contributed by atoms with van der Waals surface area (Å²) in [6.07, 6.45) is -4.09. The second-order valence-corrected chi connectivity index (χ2v) is 3.81. The predicted molar refractivity (Wildman–Crippen MR) is 62.0 cm³/mol. The van der Waals surface area contributed by atoms with E-state index in [-0.39, 0.29) is 11.3 Å². The Labute approximate surface area is 103 Å². The average molecular weight is 261 g/mol. The Balaban J connectivity index is 3.13. The monoisotopic (exact) mass is 261 g/mol. The van der Waals surface area contributed by atoms with Crippen molar-refractivity contribution in [3.63, 3.8) is 0 Å². The lowest BCUT2D eigenvalue weighted by atomic mass is 10.1. The molecular formula is C12H14F3NO2. The second-order valence-electron chi connectivity index (χ2n) is 3.81. The summed E-state index contributed by atoms with van der Waals surface area (Å²) in [5.74, 6) is 0. The summed E-state index contributed by atoms with van der Waals surface area (Å²) in [4.78, 5) is 12.0. The molecule has 6 heteroatoms. The molecule has 0 N–H and O–H groups in total. The maximum absolute atomic E-state index is 12.9. The van der Waals surface area contributed by atoms with Gasteiger partial charge in [-0.2, -0.15) is 13.2 Å². The van der Waals surface area contributed by atoms with E-state index in [0.29, 0.717) is 19.4 Å². The number of nitrogens with zero attached hydrogens (tertiary/aromatic N) is 1. The number of halogens is 3. The molecular weight excluding hydrogens is 247 g/mol. The number of hydrogen-bond acceptors (Lipinski definition) is 3. The maximum Gasteiger partial charge on any atom is 0.418 e. The fourth-order valence-corrected chi connectivity index (χ4v) is 1.54. The predicted octanol–water partition coefficient (Wildman–Crippen LogP) is 2.60. The topological polar surface area (TPSA) is 29.5 Å². The molecule has 100 valence electrons. The molecule has 0 aliphatic carbocycles. The number of alkyl halides is 3. The molecule has 0 aliphatic rings. The second kappa shape index (κ2) is 5.86. The molecule has 0 bridgehead atoms. The summed E-state index contributed by atoms with van der Waals surface area (Å²) < 4.78 is 43.4. The molecule has 0 radical (unpaired) electrons. The normalized spacial score (nSPS) is 11.4. The van der Waals surface area contributed by atoms with Crippen molar-refractivity contribution in [2.24, 2.45) is 0 Å². The Bertz CT molecular complexity index is 418. The zero-order valence-corrected chi connectivity index (χ0v) is 10.1. The van der Waals surface area contributed by atoms with Gasteiger partial charge in [0.1, 0.15) is 6.29 Å². The molecule has 0 spiro atoms. The molecule has 0 heterocycles. The third-order valence-electron chi connectivity index (χ3n) is 2.50. The molecule has 0 unspecified atom stereocenters. The molecule has 18 heavy (non-hydrogen) atoms. The number of methoxy groups -OCH3 is 1. The highest BCUT2D eigenvalue weighted by molar-refractivity contribution is 5.77. The number of carbonyl (C=O) groups is 1. The van der Waals surface area contributed by atoms with Crippen molar-refractivity contribution < 1.29 is 22.7 Å². The van der Waals surface area contributed by atoms with Crippen LogP contribution in [-0.4, -0.2) is 33.6 Å². The molecule has 1 rings (SSSR count). The molecule has 0 saturated carbocycles. The standard InChI is InChI=1S/C12H14F3NO2/c1-16(5-6-18-2)11-4-3-9(8-17)7-10(11)12(13,14)15/h3-4,7-8H,5-6H2,1-2H3. The minimum Gasteiger partial charge on any atom is -0.383 e. The third kappa shape index (κ3) is 3.46. The van der Waals surface area contributed by atoms with Crippen LogP contribution in [0.15, 0.2) is 18.2 Å². The fraction of sp³-hybridized carbons (Fsp3) is 0.417. The minimum atomic E-state index is -4.49. The van der Waals surface area contributed by atoms with Crippen LogP contribution in [-0.2, 0) is 10.9 Å². The van der Waals surface area contributed by atoms with E-state index in [1.807, 2.05) is 0 Å². The van der Waals surface area contributed by atoms with Crippen LogP contribution >= 0.6 is 0 Å². The molecule has 1 aromatic carbocycles. The van der Waals surface area contributed by atoms with E-state index >= 15 is 0 Å². The van der Waals surface area contributed by atoms with Gasteiger partial charge in [0.2, 0.25) is 0 Å². The van der Waals surface area contributed by atoms with Gasteiger partial charge in [-0.05, 0) is 18.2 Å². The maximum atomic E-state index is 12.9. The van der Waals surface area contributed by atoms with Gasteiger partial charge in [0.25, 0.3) is 0 Å². The molecule has 0 saturated heterocycles. The Morgan fingerprint density at radius 1 is 1.39 bits per heavy atom. The van der Waals surface area contributed by atoms with Gasteiger partial charge in [0, 0.05) is 32.0 Å². The van der Waals surface area contributed by atoms with E-state index in [9.17, 15) is 18.0 Å². The Kier molecular flexibility index (Phi) is 4.72. The first-order chi connectivity index (χ1) is 8.40. The van der Waals surface area contributed by atoms with Gasteiger partial charge in [-0.3, -0.25) is 4.79 Å². The van der Waals surface area contributed by atoms with Gasteiger partial charge >= 0.3 is 6.18 Å². The molecule has 3 nitrogen and oxygen atoms in total. The molecule has 0 amide bonds. The fourth-order valence-electron chi connectivity index (χ4n) is 1.54. The SMILES string of the molecule is COCCN(C)c1ccc(C=O)cc1C(F)(F)F. The van der Waals surface area contributed by atoms with Gasteiger partial charge in [-0.15, -0.1) is 0 Å². The van der Waals surface area contributed by atoms with Gasteiger partial charge < -0.3 is 9.64 Å². The highest BCUT2D eigenvalue weighted by Gasteiger charge is 2.34. The van der Waals surface area contributed by atoms with Crippen LogP contribution in [0, 0.1) is 0 Å². The summed E-state index contributed by atoms with van der Waals surface area (Å²) in [5, 5.41) is 0. The van der Waals surface area contributed by atoms with Crippen LogP contribution in [0.1, 0.15) is 15.9 Å². The van der Waals surface area contributed by atoms with E-state index in [4.69, 9.17) is 4.74 Å². The van der Waals surface area contributed by atoms with E-state index in [1.165, 1.54) is 24.1 Å². The van der Waals surface area contributed by atoms with Crippen LogP contribution < -0.4 is 4.90 Å². The van der Waals surface area contributed by atoms with E-state index < -0.39 is 11.7 Å². The van der Waals surface area contributed by atoms with Crippen LogP contribution in [0.3, 0.4) is 0 Å². The summed E-state index contributed by atoms with van der Waals surface area (Å²) in [7, 11) is 3.03. The highest BCUT2D eigenvalue weighted by Crippen LogP contribution is 2.36. The van der Waals surface area contributed by atoms with Crippen molar-refractivity contribution in [3.8, 4) is 0 Å². The van der Waals surface area contributed by atoms with Gasteiger partial charge in [-0.25, -0.2) is 0 Å². The van der Waals surface area contributed by atoms with Crippen LogP contribution in [0.4, 0.5) is 18.9 Å². The summed E-state index contributed by atoms with van der Waals surface area (Å²) >= 11 is 0. The zero-order chi connectivity index (χ0) is 13.8. The van der Waals surface area contributed by atoms with Crippen LogP contribution in [0.5, 0.6) is 0 Å². The Hall–Kier alpha value is -1.56. The Morgan fingerprint density at radius 3 is 2.56 bits per heavy atom. The zero-order valence-electron chi connectivity index (χ0n) is 10.1. The number of ether oxygens (including phenoxy) is 1. The van der Waals surface area contributed by atoms with Crippen molar-refractivity contribution in [3.05, 3.63) is 29.3 Å². The quantitative estimate of drug-likeness (QED) is 0.763. The lowest BCUT2D eigenvalue weighted by Gasteiger charge is -2.23. The van der Waals surface area contributed by atoms with E-state index in [0.717, 1.165) is 6.07 Å². The van der Waals surface area contributed by atoms with E-state index in [2.05, 4.69) is 0 Å². The van der Waals surface area contributed by atoms with Gasteiger partial charge in [0.15, 0.2) is 0 Å². The number of carbonyl (C=O) groups excluding carboxylic acids is 1.